The Balaban J connectivity index is 2.24. The molecule has 1 aliphatic rings. The number of amides is 1. The number of alkyl halides is 1. The predicted octanol–water partition coefficient (Wildman–Crippen LogP) is 3.54. The Bertz CT molecular complexity index is 496. The number of ether oxygens (including phenoxy) is 1. The Labute approximate surface area is 125 Å². The van der Waals surface area contributed by atoms with E-state index in [0.717, 1.165) is 5.56 Å². The summed E-state index contributed by atoms with van der Waals surface area (Å²) in [6.07, 6.45) is 0.255. The SMILES string of the molecule is CC(C)(C)OC(=O)N1CCC(CF)C1c1ccc(N)cc1. The monoisotopic (exact) mass is 294 g/mol. The number of anilines is 1. The maximum Gasteiger partial charge on any atom is 0.410 e. The number of carbonyl (C=O) groups is 1. The molecule has 1 aromatic rings. The van der Waals surface area contributed by atoms with Gasteiger partial charge in [-0.2, -0.15) is 0 Å². The minimum Gasteiger partial charge on any atom is -0.444 e. The number of likely N-dealkylation sites (tertiary alicyclic amines) is 1. The summed E-state index contributed by atoms with van der Waals surface area (Å²) in [5.74, 6) is -0.193. The summed E-state index contributed by atoms with van der Waals surface area (Å²) in [5, 5.41) is 0. The highest BCUT2D eigenvalue weighted by Crippen LogP contribution is 2.38. The van der Waals surface area contributed by atoms with E-state index in [1.165, 1.54) is 0 Å². The average molecular weight is 294 g/mol. The van der Waals surface area contributed by atoms with E-state index < -0.39 is 12.3 Å². The Morgan fingerprint density at radius 2 is 2.00 bits per heavy atom. The molecule has 0 aliphatic carbocycles. The molecule has 1 aliphatic heterocycles. The molecule has 1 fully saturated rings. The first kappa shape index (κ1) is 15.6. The van der Waals surface area contributed by atoms with Crippen LogP contribution in [0, 0.1) is 5.92 Å². The van der Waals surface area contributed by atoms with Crippen molar-refractivity contribution in [2.75, 3.05) is 19.0 Å². The lowest BCUT2D eigenvalue weighted by Crippen LogP contribution is -2.37. The molecule has 116 valence electrons. The molecule has 1 aromatic carbocycles. The van der Waals surface area contributed by atoms with Crippen molar-refractivity contribution in [1.82, 2.24) is 4.90 Å². The van der Waals surface area contributed by atoms with Gasteiger partial charge in [-0.3, -0.25) is 4.39 Å². The zero-order valence-electron chi connectivity index (χ0n) is 12.8. The van der Waals surface area contributed by atoms with Gasteiger partial charge in [-0.05, 0) is 44.9 Å². The Morgan fingerprint density at radius 3 is 2.52 bits per heavy atom. The number of rotatable bonds is 2. The van der Waals surface area contributed by atoms with Gasteiger partial charge < -0.3 is 15.4 Å². The fraction of sp³-hybridized carbons (Fsp3) is 0.562. The van der Waals surface area contributed by atoms with Crippen LogP contribution in [0.2, 0.25) is 0 Å². The molecular formula is C16H23FN2O2. The van der Waals surface area contributed by atoms with Crippen molar-refractivity contribution in [3.63, 3.8) is 0 Å². The second-order valence-corrected chi connectivity index (χ2v) is 6.49. The minimum absolute atomic E-state index is 0.193. The summed E-state index contributed by atoms with van der Waals surface area (Å²) in [7, 11) is 0. The summed E-state index contributed by atoms with van der Waals surface area (Å²) in [4.78, 5) is 14.0. The van der Waals surface area contributed by atoms with Gasteiger partial charge in [0.05, 0.1) is 12.7 Å². The molecule has 2 atom stereocenters. The molecule has 0 radical (unpaired) electrons. The maximum atomic E-state index is 13.3. The molecule has 1 saturated heterocycles. The smallest absolute Gasteiger partial charge is 0.410 e. The zero-order valence-corrected chi connectivity index (χ0v) is 12.8. The van der Waals surface area contributed by atoms with Crippen molar-refractivity contribution < 1.29 is 13.9 Å². The number of benzene rings is 1. The van der Waals surface area contributed by atoms with Gasteiger partial charge in [-0.15, -0.1) is 0 Å². The molecule has 0 aromatic heterocycles. The fourth-order valence-electron chi connectivity index (χ4n) is 2.69. The molecule has 2 N–H and O–H groups in total. The number of nitrogens with zero attached hydrogens (tertiary/aromatic N) is 1. The summed E-state index contributed by atoms with van der Waals surface area (Å²) in [6.45, 7) is 5.54. The van der Waals surface area contributed by atoms with Crippen LogP contribution in [0.1, 0.15) is 38.8 Å². The largest absolute Gasteiger partial charge is 0.444 e. The lowest BCUT2D eigenvalue weighted by Gasteiger charge is -2.30. The fourth-order valence-corrected chi connectivity index (χ4v) is 2.69. The standard InChI is InChI=1S/C16H23FN2O2/c1-16(2,3)21-15(20)19-9-8-12(10-17)14(19)11-4-6-13(18)7-5-11/h4-7,12,14H,8-10,18H2,1-3H3. The lowest BCUT2D eigenvalue weighted by molar-refractivity contribution is 0.0200. The zero-order chi connectivity index (χ0) is 15.6. The average Bonchev–Trinajstić information content (AvgIpc) is 2.81. The third-order valence-electron chi connectivity index (χ3n) is 3.63. The minimum atomic E-state index is -0.559. The summed E-state index contributed by atoms with van der Waals surface area (Å²) >= 11 is 0. The highest BCUT2D eigenvalue weighted by molar-refractivity contribution is 5.69. The number of carbonyl (C=O) groups excluding carboxylic acids is 1. The van der Waals surface area contributed by atoms with E-state index in [-0.39, 0.29) is 18.1 Å². The van der Waals surface area contributed by atoms with Crippen molar-refractivity contribution >= 4 is 11.8 Å². The molecule has 0 saturated carbocycles. The number of halogens is 1. The molecule has 5 heteroatoms. The Kier molecular flexibility index (Phi) is 4.40. The second-order valence-electron chi connectivity index (χ2n) is 6.49. The van der Waals surface area contributed by atoms with Gasteiger partial charge in [0.2, 0.25) is 0 Å². The van der Waals surface area contributed by atoms with Crippen LogP contribution in [0.3, 0.4) is 0 Å². The van der Waals surface area contributed by atoms with Crippen LogP contribution in [0.25, 0.3) is 0 Å². The van der Waals surface area contributed by atoms with Crippen LogP contribution in [0.4, 0.5) is 14.9 Å². The van der Waals surface area contributed by atoms with Gasteiger partial charge in [-0.25, -0.2) is 4.79 Å². The number of nitrogens with two attached hydrogens (primary N) is 1. The molecule has 21 heavy (non-hydrogen) atoms. The number of nitrogen functional groups attached to an aromatic ring is 1. The van der Waals surface area contributed by atoms with Crippen LogP contribution in [0.5, 0.6) is 0 Å². The van der Waals surface area contributed by atoms with Crippen molar-refractivity contribution in [2.24, 2.45) is 5.92 Å². The summed E-state index contributed by atoms with van der Waals surface area (Å²) in [5.41, 5.74) is 6.68. The van der Waals surface area contributed by atoms with E-state index in [0.29, 0.717) is 18.7 Å². The van der Waals surface area contributed by atoms with Crippen molar-refractivity contribution in [3.05, 3.63) is 29.8 Å². The molecular weight excluding hydrogens is 271 g/mol. The topological polar surface area (TPSA) is 55.6 Å². The quantitative estimate of drug-likeness (QED) is 0.849. The summed E-state index contributed by atoms with van der Waals surface area (Å²) in [6, 6.07) is 6.97. The maximum absolute atomic E-state index is 13.3. The van der Waals surface area contributed by atoms with Crippen LogP contribution in [-0.4, -0.2) is 29.8 Å². The normalized spacial score (nSPS) is 22.4. The molecule has 2 rings (SSSR count). The van der Waals surface area contributed by atoms with Gasteiger partial charge in [0, 0.05) is 18.2 Å². The number of hydrogen-bond acceptors (Lipinski definition) is 3. The highest BCUT2D eigenvalue weighted by atomic mass is 19.1. The Morgan fingerprint density at radius 1 is 1.38 bits per heavy atom. The predicted molar refractivity (Wildman–Crippen MR) is 80.6 cm³/mol. The van der Waals surface area contributed by atoms with Crippen LogP contribution in [0.15, 0.2) is 24.3 Å². The van der Waals surface area contributed by atoms with Crippen molar-refractivity contribution in [2.45, 2.75) is 38.8 Å². The van der Waals surface area contributed by atoms with E-state index in [1.54, 1.807) is 17.0 Å². The second kappa shape index (κ2) is 5.92. The number of hydrogen-bond donors (Lipinski definition) is 1. The van der Waals surface area contributed by atoms with E-state index in [4.69, 9.17) is 10.5 Å². The van der Waals surface area contributed by atoms with Crippen molar-refractivity contribution in [1.29, 1.82) is 0 Å². The van der Waals surface area contributed by atoms with Gasteiger partial charge in [0.1, 0.15) is 5.60 Å². The van der Waals surface area contributed by atoms with Gasteiger partial charge in [0.15, 0.2) is 0 Å². The van der Waals surface area contributed by atoms with E-state index in [2.05, 4.69) is 0 Å². The first-order valence-corrected chi connectivity index (χ1v) is 7.23. The van der Waals surface area contributed by atoms with E-state index >= 15 is 0 Å². The first-order chi connectivity index (χ1) is 9.81. The lowest BCUT2D eigenvalue weighted by atomic mass is 9.95. The summed E-state index contributed by atoms with van der Waals surface area (Å²) < 4.78 is 18.7. The van der Waals surface area contributed by atoms with Crippen molar-refractivity contribution in [3.8, 4) is 0 Å². The van der Waals surface area contributed by atoms with E-state index in [9.17, 15) is 9.18 Å². The third-order valence-corrected chi connectivity index (χ3v) is 3.63. The van der Waals surface area contributed by atoms with Crippen LogP contribution < -0.4 is 5.73 Å². The Hall–Kier alpha value is -1.78. The molecule has 2 unspecified atom stereocenters. The molecule has 1 amide bonds. The van der Waals surface area contributed by atoms with Gasteiger partial charge >= 0.3 is 6.09 Å². The molecule has 4 nitrogen and oxygen atoms in total. The highest BCUT2D eigenvalue weighted by Gasteiger charge is 2.39. The van der Waals surface area contributed by atoms with Gasteiger partial charge in [-0.1, -0.05) is 12.1 Å². The van der Waals surface area contributed by atoms with Crippen LogP contribution in [-0.2, 0) is 4.74 Å². The van der Waals surface area contributed by atoms with Crippen LogP contribution >= 0.6 is 0 Å². The molecule has 0 bridgehead atoms. The first-order valence-electron chi connectivity index (χ1n) is 7.23. The third kappa shape index (κ3) is 3.65. The molecule has 1 heterocycles. The van der Waals surface area contributed by atoms with Gasteiger partial charge in [0.25, 0.3) is 0 Å². The molecule has 0 spiro atoms. The van der Waals surface area contributed by atoms with E-state index in [1.807, 2.05) is 32.9 Å².